The van der Waals surface area contributed by atoms with E-state index in [0.29, 0.717) is 24.2 Å². The van der Waals surface area contributed by atoms with Gasteiger partial charge in [-0.15, -0.1) is 0 Å². The largest absolute Gasteiger partial charge is 0.468 e. The Bertz CT molecular complexity index is 724. The number of methoxy groups -OCH3 is 1. The number of aryl methyl sites for hydroxylation is 1. The molecule has 0 aromatic heterocycles. The Morgan fingerprint density at radius 1 is 1.33 bits per heavy atom. The number of ether oxygens (including phenoxy) is 2. The van der Waals surface area contributed by atoms with E-state index in [4.69, 9.17) is 13.7 Å². The number of aliphatic hydroxyl groups excluding tert-OH is 1. The van der Waals surface area contributed by atoms with E-state index in [9.17, 15) is 13.9 Å². The fourth-order valence-electron chi connectivity index (χ4n) is 6.01. The van der Waals surface area contributed by atoms with Crippen LogP contribution < -0.4 is 4.74 Å². The predicted molar refractivity (Wildman–Crippen MR) is 101 cm³/mol. The van der Waals surface area contributed by atoms with Gasteiger partial charge in [0, 0.05) is 12.5 Å². The number of fused-ring (bicyclic) bond motifs is 5. The maximum atomic E-state index is 11.2. The molecule has 2 fully saturated rings. The zero-order chi connectivity index (χ0) is 19.2. The zero-order valence-electron chi connectivity index (χ0n) is 15.8. The van der Waals surface area contributed by atoms with Crippen molar-refractivity contribution in [3.05, 3.63) is 29.3 Å². The summed E-state index contributed by atoms with van der Waals surface area (Å²) in [7, 11) is 1.61. The van der Waals surface area contributed by atoms with Crippen LogP contribution in [0.3, 0.4) is 0 Å². The van der Waals surface area contributed by atoms with Crippen molar-refractivity contribution in [2.75, 3.05) is 13.9 Å². The normalized spacial score (nSPS) is 38.6. The SMILES string of the molecule is COCOc1ccc2c(c1)CCC1C2CC[C@@]2(C)C1C[C@H](O)[C@@H]2OS(=O)O. The van der Waals surface area contributed by atoms with Crippen LogP contribution in [0.25, 0.3) is 0 Å². The van der Waals surface area contributed by atoms with Gasteiger partial charge in [-0.25, -0.2) is 0 Å². The van der Waals surface area contributed by atoms with Crippen molar-refractivity contribution < 1.29 is 27.5 Å². The first-order valence-corrected chi connectivity index (χ1v) is 10.7. The number of rotatable bonds is 5. The lowest BCUT2D eigenvalue weighted by atomic mass is 9.55. The molecule has 7 heteroatoms. The van der Waals surface area contributed by atoms with Gasteiger partial charge in [-0.2, -0.15) is 4.21 Å². The summed E-state index contributed by atoms with van der Waals surface area (Å²) < 4.78 is 36.2. The van der Waals surface area contributed by atoms with E-state index < -0.39 is 23.6 Å². The maximum absolute atomic E-state index is 11.2. The molecule has 0 heterocycles. The average molecular weight is 397 g/mol. The Morgan fingerprint density at radius 2 is 2.15 bits per heavy atom. The van der Waals surface area contributed by atoms with Gasteiger partial charge in [0.1, 0.15) is 11.9 Å². The van der Waals surface area contributed by atoms with Gasteiger partial charge in [0.15, 0.2) is 6.79 Å². The third-order valence-corrected chi connectivity index (χ3v) is 7.53. The third-order valence-electron chi connectivity index (χ3n) is 7.16. The summed E-state index contributed by atoms with van der Waals surface area (Å²) in [5.41, 5.74) is 2.48. The van der Waals surface area contributed by atoms with Crippen molar-refractivity contribution in [1.29, 1.82) is 0 Å². The minimum Gasteiger partial charge on any atom is -0.468 e. The van der Waals surface area contributed by atoms with Crippen molar-refractivity contribution in [2.24, 2.45) is 17.3 Å². The van der Waals surface area contributed by atoms with Crippen LogP contribution in [0.15, 0.2) is 18.2 Å². The molecule has 4 unspecified atom stereocenters. The van der Waals surface area contributed by atoms with E-state index in [-0.39, 0.29) is 12.2 Å². The van der Waals surface area contributed by atoms with Crippen LogP contribution in [0.4, 0.5) is 0 Å². The van der Waals surface area contributed by atoms with E-state index in [1.165, 1.54) is 11.1 Å². The summed E-state index contributed by atoms with van der Waals surface area (Å²) >= 11 is -2.35. The van der Waals surface area contributed by atoms with Crippen molar-refractivity contribution in [2.45, 2.75) is 57.2 Å². The Labute approximate surface area is 162 Å². The van der Waals surface area contributed by atoms with E-state index in [1.807, 2.05) is 6.07 Å². The van der Waals surface area contributed by atoms with Gasteiger partial charge in [0.05, 0.1) is 6.10 Å². The molecule has 0 radical (unpaired) electrons. The minimum atomic E-state index is -2.35. The lowest BCUT2D eigenvalue weighted by Crippen LogP contribution is -2.46. The molecule has 2 saturated carbocycles. The highest BCUT2D eigenvalue weighted by molar-refractivity contribution is 7.74. The zero-order valence-corrected chi connectivity index (χ0v) is 16.6. The Hall–Kier alpha value is -0.990. The fourth-order valence-corrected chi connectivity index (χ4v) is 6.53. The van der Waals surface area contributed by atoms with Crippen LogP contribution in [0, 0.1) is 17.3 Å². The molecule has 4 rings (SSSR count). The van der Waals surface area contributed by atoms with Gasteiger partial charge < -0.3 is 14.6 Å². The fraction of sp³-hybridized carbons (Fsp3) is 0.700. The van der Waals surface area contributed by atoms with Crippen molar-refractivity contribution in [1.82, 2.24) is 0 Å². The Balaban J connectivity index is 1.58. The first-order valence-electron chi connectivity index (χ1n) is 9.64. The molecule has 0 bridgehead atoms. The Morgan fingerprint density at radius 3 is 2.89 bits per heavy atom. The summed E-state index contributed by atoms with van der Waals surface area (Å²) in [5, 5.41) is 10.5. The molecule has 0 amide bonds. The molecule has 0 saturated heterocycles. The monoisotopic (exact) mass is 396 g/mol. The molecule has 1 aromatic carbocycles. The van der Waals surface area contributed by atoms with Gasteiger partial charge >= 0.3 is 11.4 Å². The molecule has 1 aromatic rings. The maximum Gasteiger partial charge on any atom is 0.302 e. The van der Waals surface area contributed by atoms with Crippen LogP contribution in [0.2, 0.25) is 0 Å². The van der Waals surface area contributed by atoms with E-state index in [2.05, 4.69) is 19.1 Å². The van der Waals surface area contributed by atoms with Gasteiger partial charge in [0.25, 0.3) is 0 Å². The average Bonchev–Trinajstić information content (AvgIpc) is 2.90. The van der Waals surface area contributed by atoms with Crippen molar-refractivity contribution in [3.8, 4) is 5.75 Å². The highest BCUT2D eigenvalue weighted by atomic mass is 32.2. The predicted octanol–water partition coefficient (Wildman–Crippen LogP) is 3.02. The minimum absolute atomic E-state index is 0.247. The van der Waals surface area contributed by atoms with Crippen LogP contribution in [0.5, 0.6) is 5.75 Å². The summed E-state index contributed by atoms with van der Waals surface area (Å²) in [6.45, 7) is 2.37. The molecule has 27 heavy (non-hydrogen) atoms. The first kappa shape index (κ1) is 19.3. The van der Waals surface area contributed by atoms with E-state index in [1.54, 1.807) is 7.11 Å². The molecule has 0 aliphatic heterocycles. The number of aliphatic hydroxyl groups is 1. The molecule has 6 nitrogen and oxygen atoms in total. The third kappa shape index (κ3) is 3.34. The molecular formula is C20H28O6S. The highest BCUT2D eigenvalue weighted by Crippen LogP contribution is 2.61. The summed E-state index contributed by atoms with van der Waals surface area (Å²) in [6, 6.07) is 6.32. The van der Waals surface area contributed by atoms with Crippen molar-refractivity contribution in [3.63, 3.8) is 0 Å². The van der Waals surface area contributed by atoms with Crippen molar-refractivity contribution >= 4 is 11.4 Å². The second-order valence-electron chi connectivity index (χ2n) is 8.41. The van der Waals surface area contributed by atoms with Crippen LogP contribution in [-0.2, 0) is 26.7 Å². The van der Waals surface area contributed by atoms with Gasteiger partial charge in [-0.1, -0.05) is 13.0 Å². The highest BCUT2D eigenvalue weighted by Gasteiger charge is 2.59. The second-order valence-corrected chi connectivity index (χ2v) is 9.04. The Kier molecular flexibility index (Phi) is 5.33. The quantitative estimate of drug-likeness (QED) is 0.588. The second kappa shape index (κ2) is 7.44. The van der Waals surface area contributed by atoms with E-state index >= 15 is 0 Å². The number of hydrogen-bond acceptors (Lipinski definition) is 5. The van der Waals surface area contributed by atoms with Gasteiger partial charge in [-0.05, 0) is 73.1 Å². The van der Waals surface area contributed by atoms with Crippen LogP contribution >= 0.6 is 0 Å². The van der Waals surface area contributed by atoms with Gasteiger partial charge in [-0.3, -0.25) is 8.74 Å². The lowest BCUT2D eigenvalue weighted by Gasteiger charge is -2.50. The first-order chi connectivity index (χ1) is 12.9. The molecular weight excluding hydrogens is 368 g/mol. The molecule has 2 N–H and O–H groups in total. The van der Waals surface area contributed by atoms with E-state index in [0.717, 1.165) is 31.4 Å². The standard InChI is InChI=1S/C20H28O6S/c1-20-8-7-15-14-6-4-13(25-11-24-2)9-12(14)3-5-16(15)17(20)10-18(21)19(20)26-27(22)23/h4,6,9,15-19,21H,3,5,7-8,10-11H2,1-2H3,(H,22,23)/t15?,16?,17?,18-,19-,20-/m0/s1. The molecule has 0 spiro atoms. The smallest absolute Gasteiger partial charge is 0.302 e. The molecule has 7 atom stereocenters. The van der Waals surface area contributed by atoms with Crippen LogP contribution in [-0.4, -0.2) is 40.0 Å². The molecule has 150 valence electrons. The summed E-state index contributed by atoms with van der Waals surface area (Å²) in [6.07, 6.45) is 3.34. The molecule has 3 aliphatic carbocycles. The van der Waals surface area contributed by atoms with Gasteiger partial charge in [0.2, 0.25) is 0 Å². The topological polar surface area (TPSA) is 85.2 Å². The van der Waals surface area contributed by atoms with Crippen LogP contribution in [0.1, 0.15) is 49.7 Å². The summed E-state index contributed by atoms with van der Waals surface area (Å²) in [5.74, 6) is 2.08. The summed E-state index contributed by atoms with van der Waals surface area (Å²) in [4.78, 5) is 0. The number of hydrogen-bond donors (Lipinski definition) is 2. The number of benzene rings is 1. The molecule has 3 aliphatic rings. The lowest BCUT2D eigenvalue weighted by molar-refractivity contribution is -0.0330.